The summed E-state index contributed by atoms with van der Waals surface area (Å²) in [6.45, 7) is 8.31. The molecule has 0 heterocycles. The number of benzene rings is 1. The van der Waals surface area contributed by atoms with Crippen molar-refractivity contribution in [2.45, 2.75) is 38.8 Å². The topological polar surface area (TPSA) is 60.4 Å². The van der Waals surface area contributed by atoms with Gasteiger partial charge in [0.05, 0.1) is 15.8 Å². The van der Waals surface area contributed by atoms with Crippen molar-refractivity contribution >= 4 is 31.1 Å². The molecule has 110 valence electrons. The number of aldehydes is 1. The monoisotopic (exact) mass is 312 g/mol. The lowest BCUT2D eigenvalue weighted by molar-refractivity contribution is -0.113. The van der Waals surface area contributed by atoms with Crippen LogP contribution in [-0.2, 0) is 24.5 Å². The van der Waals surface area contributed by atoms with Crippen molar-refractivity contribution in [1.29, 1.82) is 0 Å². The van der Waals surface area contributed by atoms with Crippen molar-refractivity contribution in [3.8, 4) is 0 Å². The molecule has 0 saturated carbocycles. The molecule has 0 aliphatic carbocycles. The lowest BCUT2D eigenvalue weighted by atomic mass is 9.86. The molecule has 0 aliphatic rings. The molecule has 4 nitrogen and oxygen atoms in total. The Labute approximate surface area is 123 Å². The van der Waals surface area contributed by atoms with Crippen LogP contribution in [0.5, 0.6) is 0 Å². The highest BCUT2D eigenvalue weighted by Crippen LogP contribution is 2.24. The van der Waals surface area contributed by atoms with Crippen LogP contribution in [0.25, 0.3) is 0 Å². The van der Waals surface area contributed by atoms with Crippen LogP contribution in [0.3, 0.4) is 0 Å². The highest BCUT2D eigenvalue weighted by Gasteiger charge is 2.22. The zero-order valence-electron chi connectivity index (χ0n) is 12.4. The summed E-state index contributed by atoms with van der Waals surface area (Å²) >= 11 is 0. The molecule has 20 heavy (non-hydrogen) atoms. The predicted molar refractivity (Wildman–Crippen MR) is 81.1 cm³/mol. The molecule has 0 spiro atoms. The molecule has 1 unspecified atom stereocenters. The third-order valence-corrected chi connectivity index (χ3v) is 4.43. The summed E-state index contributed by atoms with van der Waals surface area (Å²) in [6, 6.07) is 5.73. The lowest BCUT2D eigenvalue weighted by Crippen LogP contribution is -2.25. The molecule has 0 fully saturated rings. The first-order chi connectivity index (χ1) is 9.08. The molecular weight excluding hydrogens is 292 g/mol. The van der Waals surface area contributed by atoms with Gasteiger partial charge in [-0.1, -0.05) is 50.7 Å². The maximum atomic E-state index is 11.2. The van der Waals surface area contributed by atoms with E-state index in [1.807, 2.05) is 18.7 Å². The molecule has 0 amide bonds. The van der Waals surface area contributed by atoms with Gasteiger partial charge in [0.1, 0.15) is 0 Å². The largest absolute Gasteiger partial charge is 0.300 e. The van der Waals surface area contributed by atoms with Gasteiger partial charge >= 0.3 is 0 Å². The summed E-state index contributed by atoms with van der Waals surface area (Å²) in [7, 11) is -3.22. The molecule has 6 heteroatoms. The van der Waals surface area contributed by atoms with E-state index in [0.29, 0.717) is 21.4 Å². The molecule has 0 bridgehead atoms. The zero-order valence-corrected chi connectivity index (χ0v) is 14.2. The molecule has 0 aromatic heterocycles. The minimum Gasteiger partial charge on any atom is -0.300 e. The molecule has 2 radical (unpaired) electrons. The van der Waals surface area contributed by atoms with E-state index in [-0.39, 0.29) is 5.41 Å². The average molecular weight is 312 g/mol. The van der Waals surface area contributed by atoms with Crippen LogP contribution in [0.4, 0.5) is 0 Å². The van der Waals surface area contributed by atoms with E-state index in [1.54, 1.807) is 6.07 Å². The maximum absolute atomic E-state index is 11.2. The lowest BCUT2D eigenvalue weighted by Gasteiger charge is -2.22. The second-order valence-corrected chi connectivity index (χ2v) is 8.30. The van der Waals surface area contributed by atoms with E-state index in [9.17, 15) is 13.2 Å². The van der Waals surface area contributed by atoms with Gasteiger partial charge in [-0.3, -0.25) is 4.18 Å². The number of carbonyl (C=O) groups excluding carboxylic acids is 1. The summed E-state index contributed by atoms with van der Waals surface area (Å²) in [6.07, 6.45) is 0.402. The van der Waals surface area contributed by atoms with Crippen LogP contribution in [0.2, 0.25) is 6.55 Å². The van der Waals surface area contributed by atoms with Crippen LogP contribution in [-0.4, -0.2) is 30.5 Å². The quantitative estimate of drug-likeness (QED) is 0.470. The SMILES string of the molecule is C[Si]c1cc(C(C)(C)C)ccc1C(C=O)OS(C)(=O)=O. The van der Waals surface area contributed by atoms with Gasteiger partial charge < -0.3 is 4.79 Å². The highest BCUT2D eigenvalue weighted by molar-refractivity contribution is 7.86. The molecule has 1 aromatic carbocycles. The predicted octanol–water partition coefficient (Wildman–Crippen LogP) is 1.58. The van der Waals surface area contributed by atoms with Crippen LogP contribution in [0.1, 0.15) is 38.0 Å². The van der Waals surface area contributed by atoms with Gasteiger partial charge in [0.2, 0.25) is 0 Å². The fourth-order valence-electron chi connectivity index (χ4n) is 1.82. The minimum absolute atomic E-state index is 0.00129. The fraction of sp³-hybridized carbons (Fsp3) is 0.500. The Bertz CT molecular complexity index is 588. The standard InChI is InChI=1S/C14H20O4SSi/c1-14(2,3)10-6-7-11(13(8-10)20-5)12(9-15)18-19(4,16)17/h6-9,12H,1-5H3. The maximum Gasteiger partial charge on any atom is 0.265 e. The Morgan fingerprint density at radius 1 is 1.30 bits per heavy atom. The Balaban J connectivity index is 3.27. The Morgan fingerprint density at radius 2 is 1.90 bits per heavy atom. The average Bonchev–Trinajstić information content (AvgIpc) is 2.33. The first-order valence-electron chi connectivity index (χ1n) is 6.24. The summed E-state index contributed by atoms with van der Waals surface area (Å²) in [4.78, 5) is 11.1. The zero-order chi connectivity index (χ0) is 15.6. The summed E-state index contributed by atoms with van der Waals surface area (Å²) in [5.74, 6) is 0. The molecule has 0 N–H and O–H groups in total. The fourth-order valence-corrected chi connectivity index (χ4v) is 3.16. The second kappa shape index (κ2) is 6.20. The van der Waals surface area contributed by atoms with Gasteiger partial charge in [-0.25, -0.2) is 0 Å². The number of carbonyl (C=O) groups is 1. The Morgan fingerprint density at radius 3 is 2.30 bits per heavy atom. The van der Waals surface area contributed by atoms with Gasteiger partial charge in [0.25, 0.3) is 10.1 Å². The van der Waals surface area contributed by atoms with Crippen molar-refractivity contribution in [2.75, 3.05) is 6.26 Å². The van der Waals surface area contributed by atoms with Crippen LogP contribution < -0.4 is 5.19 Å². The summed E-state index contributed by atoms with van der Waals surface area (Å²) in [5, 5.41) is 0.957. The van der Waals surface area contributed by atoms with Gasteiger partial charge in [-0.2, -0.15) is 8.42 Å². The van der Waals surface area contributed by atoms with E-state index in [2.05, 4.69) is 20.8 Å². The van der Waals surface area contributed by atoms with Gasteiger partial charge in [0.15, 0.2) is 12.4 Å². The van der Waals surface area contributed by atoms with Crippen molar-refractivity contribution in [3.63, 3.8) is 0 Å². The Hall–Kier alpha value is -0.983. The molecule has 0 saturated heterocycles. The van der Waals surface area contributed by atoms with Crippen LogP contribution in [0, 0.1) is 0 Å². The van der Waals surface area contributed by atoms with Crippen molar-refractivity contribution in [2.24, 2.45) is 0 Å². The van der Waals surface area contributed by atoms with Gasteiger partial charge in [-0.05, 0) is 16.5 Å². The number of hydrogen-bond donors (Lipinski definition) is 0. The third-order valence-electron chi connectivity index (χ3n) is 2.90. The molecule has 0 aliphatic heterocycles. The minimum atomic E-state index is -3.68. The normalized spacial score (nSPS) is 14.1. The smallest absolute Gasteiger partial charge is 0.265 e. The Kier molecular flexibility index (Phi) is 5.29. The molecule has 1 atom stereocenters. The van der Waals surface area contributed by atoms with E-state index in [0.717, 1.165) is 17.0 Å². The number of hydrogen-bond acceptors (Lipinski definition) is 4. The van der Waals surface area contributed by atoms with E-state index >= 15 is 0 Å². The second-order valence-electron chi connectivity index (χ2n) is 5.66. The third kappa shape index (κ3) is 4.54. The molecule has 1 aromatic rings. The van der Waals surface area contributed by atoms with Crippen LogP contribution >= 0.6 is 0 Å². The van der Waals surface area contributed by atoms with Crippen LogP contribution in [0.15, 0.2) is 18.2 Å². The summed E-state index contributed by atoms with van der Waals surface area (Å²) in [5.41, 5.74) is 1.77. The van der Waals surface area contributed by atoms with Gasteiger partial charge in [0, 0.05) is 0 Å². The molecular formula is C14H20O4SSi. The van der Waals surface area contributed by atoms with E-state index < -0.39 is 16.2 Å². The van der Waals surface area contributed by atoms with E-state index in [4.69, 9.17) is 4.18 Å². The van der Waals surface area contributed by atoms with E-state index in [1.165, 1.54) is 0 Å². The first kappa shape index (κ1) is 17.1. The highest BCUT2D eigenvalue weighted by atomic mass is 32.2. The number of rotatable bonds is 5. The summed E-state index contributed by atoms with van der Waals surface area (Å²) < 4.78 is 27.3. The molecule has 1 rings (SSSR count). The van der Waals surface area contributed by atoms with Gasteiger partial charge in [-0.15, -0.1) is 0 Å². The van der Waals surface area contributed by atoms with Crippen molar-refractivity contribution in [3.05, 3.63) is 29.3 Å². The van der Waals surface area contributed by atoms with Crippen molar-refractivity contribution in [1.82, 2.24) is 0 Å². The first-order valence-corrected chi connectivity index (χ1v) is 9.56. The van der Waals surface area contributed by atoms with Crippen molar-refractivity contribution < 1.29 is 17.4 Å².